The Morgan fingerprint density at radius 2 is 1.97 bits per heavy atom. The van der Waals surface area contributed by atoms with E-state index in [2.05, 4.69) is 10.2 Å². The van der Waals surface area contributed by atoms with Gasteiger partial charge in [0.2, 0.25) is 0 Å². The van der Waals surface area contributed by atoms with Crippen LogP contribution in [0.15, 0.2) is 24.3 Å². The number of phosphoric ester groups is 1. The molecular weight excluding hydrogens is 431 g/mol. The summed E-state index contributed by atoms with van der Waals surface area (Å²) in [4.78, 5) is 21.1. The topological polar surface area (TPSA) is 111 Å². The molecule has 0 radical (unpaired) electrons. The molecule has 1 aromatic carbocycles. The molecule has 170 valence electrons. The van der Waals surface area contributed by atoms with Gasteiger partial charge in [-0.3, -0.25) is 9.42 Å². The van der Waals surface area contributed by atoms with E-state index in [9.17, 15) is 19.5 Å². The second kappa shape index (κ2) is 9.04. The van der Waals surface area contributed by atoms with E-state index in [4.69, 9.17) is 9.26 Å². The van der Waals surface area contributed by atoms with Gasteiger partial charge in [-0.05, 0) is 56.8 Å². The van der Waals surface area contributed by atoms with Crippen LogP contribution in [0.4, 0.5) is 0 Å². The third-order valence-corrected chi connectivity index (χ3v) is 7.70. The summed E-state index contributed by atoms with van der Waals surface area (Å²) in [6, 6.07) is 8.08. The molecule has 4 N–H and O–H groups in total. The average molecular weight is 463 g/mol. The molecule has 2 aliphatic heterocycles. The van der Waals surface area contributed by atoms with E-state index in [1.54, 1.807) is 7.11 Å². The number of hydrogen-bond acceptors (Lipinski definition) is 6. The number of hydrogen-bond donors (Lipinski definition) is 4. The molecule has 10 heteroatoms. The Hall–Kier alpha value is -0.700. The smallest absolute Gasteiger partial charge is 0.469 e. The Labute approximate surface area is 183 Å². The van der Waals surface area contributed by atoms with Crippen molar-refractivity contribution >= 4 is 20.2 Å². The standard InChI is InChI=1S/C20H31N2O6P.ClH/c1-21-14-10-20-8-7-18(28-29(24,25)26)16(11-20)19(23)17(22(20)12-14)9-13-3-5-15(27-2)6-4-13;/h3-6,14,16-19,21,23H,7-12H2,1-2H3,(H2,24,25,26);1H/t14-,16-,17-,18+,19-,20+;/m0./s1. The molecular formula is C20H32ClN2O6P. The molecule has 1 spiro atoms. The Bertz CT molecular complexity index is 777. The summed E-state index contributed by atoms with van der Waals surface area (Å²) in [6.45, 7) is 0.866. The second-order valence-electron chi connectivity index (χ2n) is 8.72. The van der Waals surface area contributed by atoms with Gasteiger partial charge in [-0.15, -0.1) is 12.4 Å². The molecule has 0 aromatic heterocycles. The number of aliphatic hydroxyl groups excluding tert-OH is 1. The summed E-state index contributed by atoms with van der Waals surface area (Å²) >= 11 is 0. The van der Waals surface area contributed by atoms with Crippen LogP contribution >= 0.6 is 20.2 Å². The van der Waals surface area contributed by atoms with E-state index in [-0.39, 0.29) is 29.9 Å². The highest BCUT2D eigenvalue weighted by atomic mass is 35.5. The number of aliphatic hydroxyl groups is 1. The van der Waals surface area contributed by atoms with Gasteiger partial charge < -0.3 is 24.9 Å². The van der Waals surface area contributed by atoms with Crippen molar-refractivity contribution in [2.45, 2.75) is 61.9 Å². The number of piperidine rings is 1. The normalized spacial score (nSPS) is 36.1. The lowest BCUT2D eigenvalue weighted by molar-refractivity contribution is -0.144. The Morgan fingerprint density at radius 3 is 2.57 bits per heavy atom. The third kappa shape index (κ3) is 4.57. The number of nitrogens with one attached hydrogen (secondary N) is 1. The van der Waals surface area contributed by atoms with Crippen molar-refractivity contribution in [2.24, 2.45) is 5.92 Å². The zero-order valence-electron chi connectivity index (χ0n) is 17.3. The molecule has 2 bridgehead atoms. The van der Waals surface area contributed by atoms with E-state index in [0.29, 0.717) is 25.3 Å². The molecule has 8 nitrogen and oxygen atoms in total. The maximum Gasteiger partial charge on any atom is 0.469 e. The van der Waals surface area contributed by atoms with Gasteiger partial charge in [0, 0.05) is 30.1 Å². The van der Waals surface area contributed by atoms with Crippen LogP contribution in [-0.4, -0.2) is 70.3 Å². The van der Waals surface area contributed by atoms with Crippen LogP contribution in [0.3, 0.4) is 0 Å². The van der Waals surface area contributed by atoms with Gasteiger partial charge in [0.1, 0.15) is 5.75 Å². The number of likely N-dealkylation sites (N-methyl/N-ethyl adjacent to an activating group) is 1. The van der Waals surface area contributed by atoms with Crippen LogP contribution in [0.1, 0.15) is 31.2 Å². The van der Waals surface area contributed by atoms with Crippen LogP contribution in [0.25, 0.3) is 0 Å². The number of methoxy groups -OCH3 is 1. The van der Waals surface area contributed by atoms with Crippen molar-refractivity contribution in [2.75, 3.05) is 20.7 Å². The molecule has 3 fully saturated rings. The van der Waals surface area contributed by atoms with Gasteiger partial charge in [-0.1, -0.05) is 12.1 Å². The minimum atomic E-state index is -4.60. The summed E-state index contributed by atoms with van der Waals surface area (Å²) in [6.07, 6.45) is 2.39. The van der Waals surface area contributed by atoms with Crippen molar-refractivity contribution in [3.8, 4) is 5.75 Å². The first-order chi connectivity index (χ1) is 13.7. The number of halogens is 1. The van der Waals surface area contributed by atoms with Crippen molar-refractivity contribution in [1.29, 1.82) is 0 Å². The highest BCUT2D eigenvalue weighted by Gasteiger charge is 2.59. The molecule has 6 atom stereocenters. The molecule has 30 heavy (non-hydrogen) atoms. The molecule has 1 aromatic rings. The lowest BCUT2D eigenvalue weighted by Crippen LogP contribution is -2.66. The van der Waals surface area contributed by atoms with Crippen LogP contribution in [0.2, 0.25) is 0 Å². The molecule has 2 heterocycles. The van der Waals surface area contributed by atoms with Gasteiger partial charge in [-0.25, -0.2) is 4.57 Å². The quantitative estimate of drug-likeness (QED) is 0.473. The van der Waals surface area contributed by atoms with Crippen LogP contribution in [-0.2, 0) is 15.5 Å². The first-order valence-corrected chi connectivity index (χ1v) is 11.8. The fraction of sp³-hybridized carbons (Fsp3) is 0.700. The van der Waals surface area contributed by atoms with E-state index < -0.39 is 20.0 Å². The molecule has 0 unspecified atom stereocenters. The third-order valence-electron chi connectivity index (χ3n) is 7.16. The molecule has 4 rings (SSSR count). The maximum absolute atomic E-state index is 11.5. The number of rotatable bonds is 6. The van der Waals surface area contributed by atoms with E-state index in [0.717, 1.165) is 30.7 Å². The number of fused-ring (bicyclic) bond motifs is 1. The lowest BCUT2D eigenvalue weighted by atomic mass is 9.65. The van der Waals surface area contributed by atoms with Gasteiger partial charge in [0.25, 0.3) is 0 Å². The summed E-state index contributed by atoms with van der Waals surface area (Å²) in [7, 11) is -1.00. The first kappa shape index (κ1) is 24.0. The average Bonchev–Trinajstić information content (AvgIpc) is 3.05. The van der Waals surface area contributed by atoms with Crippen LogP contribution < -0.4 is 10.1 Å². The van der Waals surface area contributed by atoms with Crippen molar-refractivity contribution in [3.63, 3.8) is 0 Å². The zero-order valence-corrected chi connectivity index (χ0v) is 19.0. The van der Waals surface area contributed by atoms with Gasteiger partial charge in [0.15, 0.2) is 0 Å². The molecule has 1 saturated carbocycles. The lowest BCUT2D eigenvalue weighted by Gasteiger charge is -2.57. The first-order valence-electron chi connectivity index (χ1n) is 10.2. The fourth-order valence-electron chi connectivity index (χ4n) is 5.85. The van der Waals surface area contributed by atoms with E-state index >= 15 is 0 Å². The second-order valence-corrected chi connectivity index (χ2v) is 9.91. The largest absolute Gasteiger partial charge is 0.497 e. The SMILES string of the molecule is CN[C@@H]1CN2[C@@H](Cc3ccc(OC)cc3)[C@@H](O)[C@H]3C[C@@]2(CC[C@H]3OP(=O)(O)O)C1.Cl. The monoisotopic (exact) mass is 462 g/mol. The van der Waals surface area contributed by atoms with Gasteiger partial charge in [-0.2, -0.15) is 0 Å². The summed E-state index contributed by atoms with van der Waals surface area (Å²) in [5.41, 5.74) is 1.05. The highest BCUT2D eigenvalue weighted by Crippen LogP contribution is 2.54. The summed E-state index contributed by atoms with van der Waals surface area (Å²) in [5.74, 6) is 0.504. The van der Waals surface area contributed by atoms with Crippen LogP contribution in [0.5, 0.6) is 5.75 Å². The summed E-state index contributed by atoms with van der Waals surface area (Å²) in [5, 5.41) is 14.7. The van der Waals surface area contributed by atoms with Crippen molar-refractivity contribution in [3.05, 3.63) is 29.8 Å². The number of phosphoric acid groups is 1. The van der Waals surface area contributed by atoms with Crippen LogP contribution in [0, 0.1) is 5.92 Å². The molecule has 2 saturated heterocycles. The number of ether oxygens (including phenoxy) is 1. The molecule has 1 aliphatic carbocycles. The Morgan fingerprint density at radius 1 is 1.27 bits per heavy atom. The molecule has 0 amide bonds. The number of benzene rings is 1. The summed E-state index contributed by atoms with van der Waals surface area (Å²) < 4.78 is 21.8. The fourth-order valence-corrected chi connectivity index (χ4v) is 6.46. The van der Waals surface area contributed by atoms with Gasteiger partial charge in [0.05, 0.1) is 19.3 Å². The molecule has 3 aliphatic rings. The minimum absolute atomic E-state index is 0. The number of nitrogens with zero attached hydrogens (tertiary/aromatic N) is 1. The predicted molar refractivity (Wildman–Crippen MR) is 115 cm³/mol. The van der Waals surface area contributed by atoms with Crippen molar-refractivity contribution < 1.29 is 28.7 Å². The van der Waals surface area contributed by atoms with E-state index in [1.165, 1.54) is 0 Å². The maximum atomic E-state index is 11.5. The Balaban J connectivity index is 0.00000256. The predicted octanol–water partition coefficient (Wildman–Crippen LogP) is 1.71. The zero-order chi connectivity index (χ0) is 20.8. The Kier molecular flexibility index (Phi) is 7.22. The minimum Gasteiger partial charge on any atom is -0.497 e. The van der Waals surface area contributed by atoms with Crippen molar-refractivity contribution in [1.82, 2.24) is 10.2 Å². The van der Waals surface area contributed by atoms with Gasteiger partial charge >= 0.3 is 7.82 Å². The highest BCUT2D eigenvalue weighted by molar-refractivity contribution is 7.46. The van der Waals surface area contributed by atoms with E-state index in [1.807, 2.05) is 31.3 Å².